The lowest BCUT2D eigenvalue weighted by Crippen LogP contribution is -2.32. The van der Waals surface area contributed by atoms with E-state index in [9.17, 15) is 4.79 Å². The number of rotatable bonds is 6. The molecule has 5 heteroatoms. The molecule has 1 aliphatic rings. The maximum atomic E-state index is 10.7. The van der Waals surface area contributed by atoms with Crippen molar-refractivity contribution < 1.29 is 9.90 Å². The number of carboxylic acids is 1. The van der Waals surface area contributed by atoms with Gasteiger partial charge in [0.05, 0.1) is 5.69 Å². The van der Waals surface area contributed by atoms with Crippen LogP contribution in [0.4, 0.5) is 0 Å². The van der Waals surface area contributed by atoms with Gasteiger partial charge in [0.15, 0.2) is 0 Å². The molecule has 4 nitrogen and oxygen atoms in total. The molecule has 1 aromatic rings. The summed E-state index contributed by atoms with van der Waals surface area (Å²) in [4.78, 5) is 17.2. The topological polar surface area (TPSA) is 53.4 Å². The highest BCUT2D eigenvalue weighted by molar-refractivity contribution is 7.11. The van der Waals surface area contributed by atoms with Crippen LogP contribution in [-0.4, -0.2) is 34.0 Å². The van der Waals surface area contributed by atoms with Gasteiger partial charge in [0.2, 0.25) is 5.01 Å². The number of aromatic nitrogens is 1. The Balaban J connectivity index is 1.89. The summed E-state index contributed by atoms with van der Waals surface area (Å²) in [6.07, 6.45) is 4.05. The lowest BCUT2D eigenvalue weighted by Gasteiger charge is -2.31. The summed E-state index contributed by atoms with van der Waals surface area (Å²) in [7, 11) is 0. The van der Waals surface area contributed by atoms with E-state index in [0.717, 1.165) is 31.2 Å². The standard InChI is InChI=1S/C12H18N2O2S/c1-2-14(6-9-4-3-5-9)7-10-8-17-11(13-10)12(15)16/h8-9H,2-7H2,1H3,(H,15,16). The van der Waals surface area contributed by atoms with Crippen molar-refractivity contribution in [2.75, 3.05) is 13.1 Å². The number of hydrogen-bond acceptors (Lipinski definition) is 4. The molecule has 0 bridgehead atoms. The van der Waals surface area contributed by atoms with Crippen LogP contribution < -0.4 is 0 Å². The molecule has 94 valence electrons. The van der Waals surface area contributed by atoms with Gasteiger partial charge >= 0.3 is 5.97 Å². The summed E-state index contributed by atoms with van der Waals surface area (Å²) < 4.78 is 0. The van der Waals surface area contributed by atoms with Crippen LogP contribution in [0.5, 0.6) is 0 Å². The Morgan fingerprint density at radius 3 is 2.88 bits per heavy atom. The van der Waals surface area contributed by atoms with Crippen LogP contribution in [-0.2, 0) is 6.54 Å². The highest BCUT2D eigenvalue weighted by Gasteiger charge is 2.20. The van der Waals surface area contributed by atoms with Crippen molar-refractivity contribution in [3.8, 4) is 0 Å². The van der Waals surface area contributed by atoms with E-state index in [2.05, 4.69) is 16.8 Å². The lowest BCUT2D eigenvalue weighted by molar-refractivity contribution is 0.0696. The average molecular weight is 254 g/mol. The van der Waals surface area contributed by atoms with Gasteiger partial charge in [-0.05, 0) is 25.3 Å². The van der Waals surface area contributed by atoms with E-state index in [-0.39, 0.29) is 5.01 Å². The Hall–Kier alpha value is -0.940. The summed E-state index contributed by atoms with van der Waals surface area (Å²) in [5, 5.41) is 10.9. The molecule has 1 heterocycles. The smallest absolute Gasteiger partial charge is 0.365 e. The van der Waals surface area contributed by atoms with Crippen LogP contribution in [0.1, 0.15) is 41.7 Å². The summed E-state index contributed by atoms with van der Waals surface area (Å²) in [5.41, 5.74) is 0.883. The van der Waals surface area contributed by atoms with E-state index >= 15 is 0 Å². The zero-order valence-corrected chi connectivity index (χ0v) is 10.9. The van der Waals surface area contributed by atoms with Crippen LogP contribution in [0.2, 0.25) is 0 Å². The Bertz CT molecular complexity index is 388. The van der Waals surface area contributed by atoms with Crippen molar-refractivity contribution >= 4 is 17.3 Å². The van der Waals surface area contributed by atoms with Gasteiger partial charge in [-0.15, -0.1) is 11.3 Å². The molecule has 0 atom stereocenters. The van der Waals surface area contributed by atoms with Crippen molar-refractivity contribution in [3.05, 3.63) is 16.1 Å². The zero-order valence-electron chi connectivity index (χ0n) is 10.1. The molecule has 1 aliphatic carbocycles. The fourth-order valence-electron chi connectivity index (χ4n) is 2.05. The highest BCUT2D eigenvalue weighted by atomic mass is 32.1. The molecular weight excluding hydrogens is 236 g/mol. The van der Waals surface area contributed by atoms with E-state index in [1.165, 1.54) is 30.6 Å². The molecule has 0 aliphatic heterocycles. The molecule has 0 aromatic carbocycles. The maximum absolute atomic E-state index is 10.7. The van der Waals surface area contributed by atoms with E-state index in [1.807, 2.05) is 5.38 Å². The highest BCUT2D eigenvalue weighted by Crippen LogP contribution is 2.27. The minimum Gasteiger partial charge on any atom is -0.476 e. The SMILES string of the molecule is CCN(Cc1csc(C(=O)O)n1)CC1CCC1. The van der Waals surface area contributed by atoms with Crippen LogP contribution in [0.25, 0.3) is 0 Å². The number of thiazole rings is 1. The van der Waals surface area contributed by atoms with Crippen molar-refractivity contribution in [1.82, 2.24) is 9.88 Å². The molecule has 1 N–H and O–H groups in total. The van der Waals surface area contributed by atoms with Crippen LogP contribution >= 0.6 is 11.3 Å². The largest absolute Gasteiger partial charge is 0.476 e. The predicted octanol–water partition coefficient (Wildman–Crippen LogP) is 2.46. The normalized spacial score (nSPS) is 16.1. The minimum absolute atomic E-state index is 0.194. The third-order valence-electron chi connectivity index (χ3n) is 3.31. The molecule has 1 saturated carbocycles. The van der Waals surface area contributed by atoms with Crippen LogP contribution in [0.15, 0.2) is 5.38 Å². The molecule has 0 radical (unpaired) electrons. The Labute approximate surface area is 105 Å². The van der Waals surface area contributed by atoms with Gasteiger partial charge in [-0.2, -0.15) is 0 Å². The molecule has 0 spiro atoms. The van der Waals surface area contributed by atoms with Crippen molar-refractivity contribution in [2.45, 2.75) is 32.7 Å². The molecule has 2 rings (SSSR count). The molecular formula is C12H18N2O2S. The summed E-state index contributed by atoms with van der Waals surface area (Å²) in [5.74, 6) is -0.0872. The molecule has 0 saturated heterocycles. The van der Waals surface area contributed by atoms with E-state index in [4.69, 9.17) is 5.11 Å². The first kappa shape index (κ1) is 12.5. The first-order chi connectivity index (χ1) is 8.19. The van der Waals surface area contributed by atoms with Gasteiger partial charge in [-0.1, -0.05) is 13.3 Å². The molecule has 1 aromatic heterocycles. The summed E-state index contributed by atoms with van der Waals surface area (Å²) >= 11 is 1.21. The van der Waals surface area contributed by atoms with Crippen molar-refractivity contribution in [3.63, 3.8) is 0 Å². The van der Waals surface area contributed by atoms with Gasteiger partial charge in [0.1, 0.15) is 0 Å². The van der Waals surface area contributed by atoms with Gasteiger partial charge < -0.3 is 5.11 Å². The molecule has 0 amide bonds. The number of nitrogens with zero attached hydrogens (tertiary/aromatic N) is 2. The third-order valence-corrected chi connectivity index (χ3v) is 4.19. The van der Waals surface area contributed by atoms with Crippen LogP contribution in [0.3, 0.4) is 0 Å². The third kappa shape index (κ3) is 3.26. The van der Waals surface area contributed by atoms with E-state index < -0.39 is 5.97 Å². The predicted molar refractivity (Wildman–Crippen MR) is 67.4 cm³/mol. The fourth-order valence-corrected chi connectivity index (χ4v) is 2.70. The zero-order chi connectivity index (χ0) is 12.3. The Kier molecular flexibility index (Phi) is 4.12. The molecule has 0 unspecified atom stereocenters. The molecule has 17 heavy (non-hydrogen) atoms. The summed E-state index contributed by atoms with van der Waals surface area (Å²) in [6.45, 7) is 5.03. The number of carbonyl (C=O) groups is 1. The Morgan fingerprint density at radius 2 is 2.41 bits per heavy atom. The van der Waals surface area contributed by atoms with E-state index in [0.29, 0.717) is 0 Å². The second-order valence-corrected chi connectivity index (χ2v) is 5.43. The first-order valence-electron chi connectivity index (χ1n) is 6.09. The van der Waals surface area contributed by atoms with Gasteiger partial charge in [-0.3, -0.25) is 4.90 Å². The fraction of sp³-hybridized carbons (Fsp3) is 0.667. The van der Waals surface area contributed by atoms with Gasteiger partial charge in [0, 0.05) is 18.5 Å². The van der Waals surface area contributed by atoms with Gasteiger partial charge in [0.25, 0.3) is 0 Å². The monoisotopic (exact) mass is 254 g/mol. The first-order valence-corrected chi connectivity index (χ1v) is 6.97. The van der Waals surface area contributed by atoms with Crippen LogP contribution in [0, 0.1) is 5.92 Å². The van der Waals surface area contributed by atoms with Crippen molar-refractivity contribution in [1.29, 1.82) is 0 Å². The van der Waals surface area contributed by atoms with Crippen molar-refractivity contribution in [2.24, 2.45) is 5.92 Å². The lowest BCUT2D eigenvalue weighted by atomic mass is 9.85. The second-order valence-electron chi connectivity index (χ2n) is 4.57. The summed E-state index contributed by atoms with van der Waals surface area (Å²) in [6, 6.07) is 0. The number of carboxylic acid groups (broad SMARTS) is 1. The number of aromatic carboxylic acids is 1. The number of hydrogen-bond donors (Lipinski definition) is 1. The quantitative estimate of drug-likeness (QED) is 0.847. The van der Waals surface area contributed by atoms with Gasteiger partial charge in [-0.25, -0.2) is 9.78 Å². The van der Waals surface area contributed by atoms with E-state index in [1.54, 1.807) is 0 Å². The Morgan fingerprint density at radius 1 is 1.65 bits per heavy atom. The average Bonchev–Trinajstić information content (AvgIpc) is 2.70. The minimum atomic E-state index is -0.928. The maximum Gasteiger partial charge on any atom is 0.365 e. The second kappa shape index (κ2) is 5.60. The molecule has 1 fully saturated rings.